The van der Waals surface area contributed by atoms with Crippen LogP contribution >= 0.6 is 0 Å². The van der Waals surface area contributed by atoms with Crippen LogP contribution in [0.2, 0.25) is 0 Å². The molecular formula is C10H16FN3O. The van der Waals surface area contributed by atoms with Gasteiger partial charge in [-0.25, -0.2) is 4.98 Å². The van der Waals surface area contributed by atoms with E-state index in [1.165, 1.54) is 0 Å². The highest BCUT2D eigenvalue weighted by Gasteiger charge is 2.17. The SMILES string of the molecule is CCNc1ncc(F)c(OC(C)(C)C)n1. The predicted molar refractivity (Wildman–Crippen MR) is 56.5 cm³/mol. The van der Waals surface area contributed by atoms with E-state index in [2.05, 4.69) is 15.3 Å². The molecule has 0 aliphatic heterocycles. The van der Waals surface area contributed by atoms with E-state index < -0.39 is 11.4 Å². The smallest absolute Gasteiger partial charge is 0.255 e. The van der Waals surface area contributed by atoms with Crippen LogP contribution in [0.25, 0.3) is 0 Å². The third-order valence-corrected chi connectivity index (χ3v) is 1.45. The molecular weight excluding hydrogens is 197 g/mol. The van der Waals surface area contributed by atoms with Crippen LogP contribution in [-0.4, -0.2) is 22.1 Å². The third-order valence-electron chi connectivity index (χ3n) is 1.45. The first-order chi connectivity index (χ1) is 6.92. The maximum atomic E-state index is 13.3. The standard InChI is InChI=1S/C10H16FN3O/c1-5-12-9-13-6-7(11)8(14-9)15-10(2,3)4/h6H,5H2,1-4H3,(H,12,13,14). The van der Waals surface area contributed by atoms with Gasteiger partial charge in [0, 0.05) is 6.54 Å². The van der Waals surface area contributed by atoms with Crippen molar-refractivity contribution in [2.24, 2.45) is 0 Å². The number of ether oxygens (including phenoxy) is 1. The summed E-state index contributed by atoms with van der Waals surface area (Å²) in [6.07, 6.45) is 1.10. The number of nitrogens with one attached hydrogen (secondary N) is 1. The van der Waals surface area contributed by atoms with Gasteiger partial charge < -0.3 is 10.1 Å². The molecule has 1 rings (SSSR count). The molecule has 0 fully saturated rings. The summed E-state index contributed by atoms with van der Waals surface area (Å²) in [6.45, 7) is 8.10. The van der Waals surface area contributed by atoms with Crippen molar-refractivity contribution in [3.63, 3.8) is 0 Å². The summed E-state index contributed by atoms with van der Waals surface area (Å²) >= 11 is 0. The van der Waals surface area contributed by atoms with Crippen molar-refractivity contribution in [1.29, 1.82) is 0 Å². The molecule has 0 saturated carbocycles. The van der Waals surface area contributed by atoms with Gasteiger partial charge in [0.05, 0.1) is 6.20 Å². The quantitative estimate of drug-likeness (QED) is 0.836. The van der Waals surface area contributed by atoms with Crippen molar-refractivity contribution in [3.05, 3.63) is 12.0 Å². The van der Waals surface area contributed by atoms with Gasteiger partial charge in [-0.1, -0.05) is 0 Å². The summed E-state index contributed by atoms with van der Waals surface area (Å²) in [4.78, 5) is 7.71. The van der Waals surface area contributed by atoms with Gasteiger partial charge in [0.1, 0.15) is 5.60 Å². The molecule has 0 aliphatic rings. The van der Waals surface area contributed by atoms with Crippen LogP contribution in [0.5, 0.6) is 5.88 Å². The lowest BCUT2D eigenvalue weighted by Crippen LogP contribution is -2.24. The molecule has 0 bridgehead atoms. The third kappa shape index (κ3) is 3.69. The number of anilines is 1. The molecule has 0 amide bonds. The molecule has 0 atom stereocenters. The first kappa shape index (κ1) is 11.7. The maximum absolute atomic E-state index is 13.3. The van der Waals surface area contributed by atoms with Gasteiger partial charge in [-0.3, -0.25) is 0 Å². The molecule has 0 aromatic carbocycles. The zero-order valence-electron chi connectivity index (χ0n) is 9.47. The van der Waals surface area contributed by atoms with Crippen LogP contribution < -0.4 is 10.1 Å². The van der Waals surface area contributed by atoms with E-state index >= 15 is 0 Å². The molecule has 15 heavy (non-hydrogen) atoms. The lowest BCUT2D eigenvalue weighted by molar-refractivity contribution is 0.117. The van der Waals surface area contributed by atoms with E-state index in [9.17, 15) is 4.39 Å². The van der Waals surface area contributed by atoms with Gasteiger partial charge in [-0.05, 0) is 27.7 Å². The number of nitrogens with zero attached hydrogens (tertiary/aromatic N) is 2. The molecule has 1 heterocycles. The van der Waals surface area contributed by atoms with Crippen LogP contribution in [0, 0.1) is 5.82 Å². The van der Waals surface area contributed by atoms with Gasteiger partial charge in [-0.2, -0.15) is 9.37 Å². The van der Waals surface area contributed by atoms with Crippen LogP contribution in [0.4, 0.5) is 10.3 Å². The summed E-state index contributed by atoms with van der Waals surface area (Å²) in [6, 6.07) is 0. The average molecular weight is 213 g/mol. The largest absolute Gasteiger partial charge is 0.470 e. The van der Waals surface area contributed by atoms with E-state index in [0.29, 0.717) is 12.5 Å². The molecule has 5 heteroatoms. The second-order valence-corrected chi connectivity index (χ2v) is 4.09. The Morgan fingerprint density at radius 2 is 2.13 bits per heavy atom. The van der Waals surface area contributed by atoms with E-state index in [1.807, 2.05) is 27.7 Å². The fraction of sp³-hybridized carbons (Fsp3) is 0.600. The maximum Gasteiger partial charge on any atom is 0.255 e. The molecule has 0 unspecified atom stereocenters. The highest BCUT2D eigenvalue weighted by molar-refractivity contribution is 5.28. The monoisotopic (exact) mass is 213 g/mol. The summed E-state index contributed by atoms with van der Waals surface area (Å²) in [5, 5.41) is 2.89. The number of hydrogen-bond acceptors (Lipinski definition) is 4. The Kier molecular flexibility index (Phi) is 3.44. The van der Waals surface area contributed by atoms with Crippen molar-refractivity contribution in [2.45, 2.75) is 33.3 Å². The fourth-order valence-corrected chi connectivity index (χ4v) is 0.956. The zero-order valence-corrected chi connectivity index (χ0v) is 9.47. The highest BCUT2D eigenvalue weighted by Crippen LogP contribution is 2.19. The number of aromatic nitrogens is 2. The normalized spacial score (nSPS) is 11.3. The number of hydrogen-bond donors (Lipinski definition) is 1. The van der Waals surface area contributed by atoms with Crippen LogP contribution in [-0.2, 0) is 0 Å². The van der Waals surface area contributed by atoms with Crippen LogP contribution in [0.15, 0.2) is 6.20 Å². The van der Waals surface area contributed by atoms with E-state index in [1.54, 1.807) is 0 Å². The van der Waals surface area contributed by atoms with Gasteiger partial charge in [-0.15, -0.1) is 0 Å². The van der Waals surface area contributed by atoms with Crippen molar-refractivity contribution in [1.82, 2.24) is 9.97 Å². The highest BCUT2D eigenvalue weighted by atomic mass is 19.1. The van der Waals surface area contributed by atoms with Crippen molar-refractivity contribution in [2.75, 3.05) is 11.9 Å². The van der Waals surface area contributed by atoms with E-state index in [-0.39, 0.29) is 5.88 Å². The van der Waals surface area contributed by atoms with Gasteiger partial charge >= 0.3 is 0 Å². The molecule has 0 saturated heterocycles. The first-order valence-corrected chi connectivity index (χ1v) is 4.88. The molecule has 0 spiro atoms. The molecule has 84 valence electrons. The number of halogens is 1. The molecule has 0 radical (unpaired) electrons. The van der Waals surface area contributed by atoms with Gasteiger partial charge in [0.2, 0.25) is 11.8 Å². The Hall–Kier alpha value is -1.39. The molecule has 1 N–H and O–H groups in total. The summed E-state index contributed by atoms with van der Waals surface area (Å²) in [5.41, 5.74) is -0.474. The Morgan fingerprint density at radius 1 is 1.47 bits per heavy atom. The lowest BCUT2D eigenvalue weighted by Gasteiger charge is -2.20. The van der Waals surface area contributed by atoms with Gasteiger partial charge in [0.25, 0.3) is 5.88 Å². The molecule has 0 aliphatic carbocycles. The second-order valence-electron chi connectivity index (χ2n) is 4.09. The minimum atomic E-state index is -0.549. The number of rotatable bonds is 3. The van der Waals surface area contributed by atoms with Crippen molar-refractivity contribution >= 4 is 5.95 Å². The fourth-order valence-electron chi connectivity index (χ4n) is 0.956. The second kappa shape index (κ2) is 4.42. The zero-order chi connectivity index (χ0) is 11.5. The molecule has 1 aromatic heterocycles. The summed E-state index contributed by atoms with van der Waals surface area (Å²) in [5.74, 6) is -0.196. The van der Waals surface area contributed by atoms with Gasteiger partial charge in [0.15, 0.2) is 0 Å². The lowest BCUT2D eigenvalue weighted by atomic mass is 10.2. The minimum absolute atomic E-state index is 0.0200. The summed E-state index contributed by atoms with van der Waals surface area (Å²) < 4.78 is 18.6. The topological polar surface area (TPSA) is 47.0 Å². The predicted octanol–water partition coefficient (Wildman–Crippen LogP) is 2.22. The van der Waals surface area contributed by atoms with E-state index in [4.69, 9.17) is 4.74 Å². The van der Waals surface area contributed by atoms with Crippen molar-refractivity contribution in [3.8, 4) is 5.88 Å². The average Bonchev–Trinajstić information content (AvgIpc) is 2.09. The molecule has 1 aromatic rings. The van der Waals surface area contributed by atoms with Crippen molar-refractivity contribution < 1.29 is 9.13 Å². The van der Waals surface area contributed by atoms with Crippen LogP contribution in [0.3, 0.4) is 0 Å². The molecule has 4 nitrogen and oxygen atoms in total. The van der Waals surface area contributed by atoms with E-state index in [0.717, 1.165) is 6.20 Å². The Morgan fingerprint density at radius 3 is 2.67 bits per heavy atom. The van der Waals surface area contributed by atoms with Crippen LogP contribution in [0.1, 0.15) is 27.7 Å². The summed E-state index contributed by atoms with van der Waals surface area (Å²) in [7, 11) is 0. The minimum Gasteiger partial charge on any atom is -0.470 e. The Bertz CT molecular complexity index is 336. The Labute approximate surface area is 88.9 Å². The first-order valence-electron chi connectivity index (χ1n) is 4.88. The Balaban J connectivity index is 2.90.